The molecule has 0 aromatic rings. The minimum absolute atomic E-state index is 0.591. The van der Waals surface area contributed by atoms with Crippen LogP contribution in [0.25, 0.3) is 0 Å². The lowest BCUT2D eigenvalue weighted by Gasteiger charge is -1.85. The van der Waals surface area contributed by atoms with Gasteiger partial charge in [0.25, 0.3) is 0 Å². The molecule has 0 rings (SSSR count). The highest BCUT2D eigenvalue weighted by atomic mass is 16.1. The standard InChI is InChI=1S/C6H10O2.C4H6O/c7-5-3-1-2-4-6-8;1-2-3-4-5/h5-6H,1-4H2;2-4H,1H3. The largest absolute Gasteiger partial charge is 0.303 e. The third-order valence-electron chi connectivity index (χ3n) is 1.16. The fraction of sp³-hybridized carbons (Fsp3) is 0.500. The topological polar surface area (TPSA) is 51.2 Å². The maximum atomic E-state index is 9.68. The molecule has 0 aliphatic rings. The molecule has 0 saturated carbocycles. The second-order valence-electron chi connectivity index (χ2n) is 2.28. The van der Waals surface area contributed by atoms with Gasteiger partial charge in [0.2, 0.25) is 0 Å². The van der Waals surface area contributed by atoms with Gasteiger partial charge in [-0.1, -0.05) is 6.08 Å². The Morgan fingerprint density at radius 3 is 1.54 bits per heavy atom. The van der Waals surface area contributed by atoms with Crippen molar-refractivity contribution >= 4 is 18.9 Å². The molecule has 0 aliphatic carbocycles. The van der Waals surface area contributed by atoms with Crippen LogP contribution < -0.4 is 0 Å². The summed E-state index contributed by atoms with van der Waals surface area (Å²) in [5.41, 5.74) is 0. The van der Waals surface area contributed by atoms with Crippen LogP contribution >= 0.6 is 0 Å². The summed E-state index contributed by atoms with van der Waals surface area (Å²) in [5, 5.41) is 0. The summed E-state index contributed by atoms with van der Waals surface area (Å²) in [7, 11) is 0. The molecule has 0 radical (unpaired) electrons. The van der Waals surface area contributed by atoms with Gasteiger partial charge in [-0.15, -0.1) is 0 Å². The first-order valence-electron chi connectivity index (χ1n) is 4.27. The van der Waals surface area contributed by atoms with Crippen LogP contribution in [0.3, 0.4) is 0 Å². The minimum Gasteiger partial charge on any atom is -0.303 e. The molecule has 0 amide bonds. The molecule has 0 heterocycles. The Bertz CT molecular complexity index is 140. The number of carbonyl (C=O) groups excluding carboxylic acids is 3. The Hall–Kier alpha value is -1.25. The maximum absolute atomic E-state index is 9.68. The van der Waals surface area contributed by atoms with Crippen LogP contribution in [-0.4, -0.2) is 18.9 Å². The smallest absolute Gasteiger partial charge is 0.142 e. The van der Waals surface area contributed by atoms with Crippen molar-refractivity contribution in [2.45, 2.75) is 32.6 Å². The molecule has 3 nitrogen and oxygen atoms in total. The third kappa shape index (κ3) is 24.9. The third-order valence-corrected chi connectivity index (χ3v) is 1.16. The average molecular weight is 184 g/mol. The van der Waals surface area contributed by atoms with Crippen LogP contribution in [0.2, 0.25) is 0 Å². The highest BCUT2D eigenvalue weighted by Crippen LogP contribution is 1.93. The predicted octanol–water partition coefficient (Wildman–Crippen LogP) is 1.71. The van der Waals surface area contributed by atoms with Crippen LogP contribution in [0.15, 0.2) is 12.2 Å². The van der Waals surface area contributed by atoms with Gasteiger partial charge in [0.05, 0.1) is 0 Å². The molecular weight excluding hydrogens is 168 g/mol. The lowest BCUT2D eigenvalue weighted by Crippen LogP contribution is -1.78. The van der Waals surface area contributed by atoms with E-state index in [1.54, 1.807) is 13.0 Å². The van der Waals surface area contributed by atoms with Crippen LogP contribution in [0.4, 0.5) is 0 Å². The molecule has 0 atom stereocenters. The number of hydrogen-bond donors (Lipinski definition) is 0. The highest BCUT2D eigenvalue weighted by molar-refractivity contribution is 5.64. The van der Waals surface area contributed by atoms with Gasteiger partial charge < -0.3 is 9.59 Å². The quantitative estimate of drug-likeness (QED) is 0.358. The number of hydrogen-bond acceptors (Lipinski definition) is 3. The zero-order valence-electron chi connectivity index (χ0n) is 7.94. The van der Waals surface area contributed by atoms with Crippen LogP contribution in [0.5, 0.6) is 0 Å². The Labute approximate surface area is 78.8 Å². The van der Waals surface area contributed by atoms with E-state index in [9.17, 15) is 14.4 Å². The van der Waals surface area contributed by atoms with Crippen molar-refractivity contribution in [3.63, 3.8) is 0 Å². The van der Waals surface area contributed by atoms with E-state index in [0.29, 0.717) is 12.8 Å². The number of aldehydes is 3. The first kappa shape index (κ1) is 14.3. The van der Waals surface area contributed by atoms with Crippen LogP contribution in [0.1, 0.15) is 32.6 Å². The fourth-order valence-electron chi connectivity index (χ4n) is 0.534. The Kier molecular flexibility index (Phi) is 18.7. The van der Waals surface area contributed by atoms with E-state index in [-0.39, 0.29) is 0 Å². The summed E-state index contributed by atoms with van der Waals surface area (Å²) in [6.07, 6.45) is 8.52. The molecule has 0 N–H and O–H groups in total. The first-order chi connectivity index (χ1) is 6.33. The average Bonchev–Trinajstić information content (AvgIpc) is 2.15. The van der Waals surface area contributed by atoms with E-state index in [1.807, 2.05) is 0 Å². The van der Waals surface area contributed by atoms with Gasteiger partial charge in [-0.2, -0.15) is 0 Å². The maximum Gasteiger partial charge on any atom is 0.142 e. The predicted molar refractivity (Wildman–Crippen MR) is 51.5 cm³/mol. The van der Waals surface area contributed by atoms with Gasteiger partial charge in [0, 0.05) is 12.8 Å². The summed E-state index contributed by atoms with van der Waals surface area (Å²) in [6.45, 7) is 1.80. The number of unbranched alkanes of at least 4 members (excludes halogenated alkanes) is 3. The SMILES string of the molecule is CC=CC=O.O=CCCCCC=O. The monoisotopic (exact) mass is 184 g/mol. The van der Waals surface area contributed by atoms with E-state index in [4.69, 9.17) is 0 Å². The molecule has 3 heteroatoms. The summed E-state index contributed by atoms with van der Waals surface area (Å²) in [4.78, 5) is 28.7. The molecule has 0 aromatic heterocycles. The molecule has 0 fully saturated rings. The van der Waals surface area contributed by atoms with E-state index in [1.165, 1.54) is 6.08 Å². The van der Waals surface area contributed by atoms with Crippen LogP contribution in [-0.2, 0) is 14.4 Å². The molecule has 0 bridgehead atoms. The van der Waals surface area contributed by atoms with E-state index >= 15 is 0 Å². The van der Waals surface area contributed by atoms with Crippen molar-refractivity contribution in [3.05, 3.63) is 12.2 Å². The molecule has 0 spiro atoms. The van der Waals surface area contributed by atoms with E-state index < -0.39 is 0 Å². The summed E-state index contributed by atoms with van der Waals surface area (Å²) >= 11 is 0. The van der Waals surface area contributed by atoms with Crippen molar-refractivity contribution < 1.29 is 14.4 Å². The summed E-state index contributed by atoms with van der Waals surface area (Å²) in [6, 6.07) is 0. The Morgan fingerprint density at radius 1 is 0.923 bits per heavy atom. The van der Waals surface area contributed by atoms with Crippen molar-refractivity contribution in [2.24, 2.45) is 0 Å². The van der Waals surface area contributed by atoms with Gasteiger partial charge in [0.15, 0.2) is 0 Å². The number of allylic oxidation sites excluding steroid dienone is 2. The van der Waals surface area contributed by atoms with E-state index in [2.05, 4.69) is 0 Å². The van der Waals surface area contributed by atoms with Gasteiger partial charge in [0.1, 0.15) is 18.9 Å². The lowest BCUT2D eigenvalue weighted by atomic mass is 10.2. The normalized spacial score (nSPS) is 8.69. The molecule has 0 aromatic carbocycles. The Balaban J connectivity index is 0. The molecule has 0 saturated heterocycles. The van der Waals surface area contributed by atoms with Gasteiger partial charge in [-0.05, 0) is 25.8 Å². The number of carbonyl (C=O) groups is 3. The zero-order valence-corrected chi connectivity index (χ0v) is 7.94. The Morgan fingerprint density at radius 2 is 1.38 bits per heavy atom. The zero-order chi connectivity index (χ0) is 10.4. The highest BCUT2D eigenvalue weighted by Gasteiger charge is 1.83. The van der Waals surface area contributed by atoms with Crippen molar-refractivity contribution in [2.75, 3.05) is 0 Å². The van der Waals surface area contributed by atoms with Gasteiger partial charge in [-0.3, -0.25) is 4.79 Å². The first-order valence-corrected chi connectivity index (χ1v) is 4.27. The second kappa shape index (κ2) is 17.0. The molecule has 13 heavy (non-hydrogen) atoms. The second-order valence-corrected chi connectivity index (χ2v) is 2.28. The fourth-order valence-corrected chi connectivity index (χ4v) is 0.534. The van der Waals surface area contributed by atoms with Gasteiger partial charge in [-0.25, -0.2) is 0 Å². The molecular formula is C10H16O3. The van der Waals surface area contributed by atoms with E-state index in [0.717, 1.165) is 31.7 Å². The van der Waals surface area contributed by atoms with Crippen molar-refractivity contribution in [1.82, 2.24) is 0 Å². The molecule has 74 valence electrons. The van der Waals surface area contributed by atoms with Crippen molar-refractivity contribution in [1.29, 1.82) is 0 Å². The van der Waals surface area contributed by atoms with Crippen molar-refractivity contribution in [3.8, 4) is 0 Å². The molecule has 0 unspecified atom stereocenters. The lowest BCUT2D eigenvalue weighted by molar-refractivity contribution is -0.109. The van der Waals surface area contributed by atoms with Gasteiger partial charge >= 0.3 is 0 Å². The number of rotatable bonds is 6. The summed E-state index contributed by atoms with van der Waals surface area (Å²) in [5.74, 6) is 0. The minimum atomic E-state index is 0.591. The summed E-state index contributed by atoms with van der Waals surface area (Å²) < 4.78 is 0. The van der Waals surface area contributed by atoms with Crippen LogP contribution in [0, 0.1) is 0 Å². The molecule has 0 aliphatic heterocycles.